The lowest BCUT2D eigenvalue weighted by Gasteiger charge is -2.58. The summed E-state index contributed by atoms with van der Waals surface area (Å²) in [6.45, 7) is 8.11. The number of hydrogen-bond donors (Lipinski definition) is 0. The molecule has 5 aliphatic carbocycles. The molecule has 4 bridgehead atoms. The highest BCUT2D eigenvalue weighted by atomic mass is 16.7. The van der Waals surface area contributed by atoms with Gasteiger partial charge < -0.3 is 14.2 Å². The Labute approximate surface area is 202 Å². The van der Waals surface area contributed by atoms with E-state index in [-0.39, 0.29) is 11.7 Å². The van der Waals surface area contributed by atoms with Crippen molar-refractivity contribution >= 4 is 0 Å². The summed E-state index contributed by atoms with van der Waals surface area (Å²) >= 11 is 0. The number of rotatable bonds is 10. The number of benzene rings is 1. The highest BCUT2D eigenvalue weighted by molar-refractivity contribution is 5.37. The Bertz CT molecular complexity index is 745. The molecular weight excluding hydrogens is 408 g/mol. The molecule has 3 heteroatoms. The van der Waals surface area contributed by atoms with Gasteiger partial charge in [-0.25, -0.2) is 0 Å². The second-order valence-electron chi connectivity index (χ2n) is 12.1. The topological polar surface area (TPSA) is 27.7 Å². The van der Waals surface area contributed by atoms with Crippen molar-refractivity contribution in [2.75, 3.05) is 13.2 Å². The van der Waals surface area contributed by atoms with Crippen LogP contribution in [0.3, 0.4) is 0 Å². The third kappa shape index (κ3) is 5.30. The van der Waals surface area contributed by atoms with Crippen LogP contribution in [0.5, 0.6) is 5.75 Å². The van der Waals surface area contributed by atoms with E-state index in [2.05, 4.69) is 39.0 Å². The summed E-state index contributed by atoms with van der Waals surface area (Å²) in [6.07, 6.45) is 16.1. The SMILES string of the molecule is CCC(C)c1ccc(OC(OCCOC2CCCCC2)C23CC4CC(CC(C4)C2)C3)c(C)c1. The fourth-order valence-electron chi connectivity index (χ4n) is 7.87. The van der Waals surface area contributed by atoms with Crippen LogP contribution >= 0.6 is 0 Å². The molecular formula is C30H46O3. The first-order valence-electron chi connectivity index (χ1n) is 14.0. The van der Waals surface area contributed by atoms with E-state index in [4.69, 9.17) is 14.2 Å². The van der Waals surface area contributed by atoms with Gasteiger partial charge in [-0.05, 0) is 106 Å². The maximum Gasteiger partial charge on any atom is 0.205 e. The molecule has 3 nitrogen and oxygen atoms in total. The molecule has 0 aliphatic heterocycles. The number of hydrogen-bond acceptors (Lipinski definition) is 3. The maximum atomic E-state index is 6.81. The third-order valence-corrected chi connectivity index (χ3v) is 9.46. The first-order chi connectivity index (χ1) is 16.0. The molecule has 2 atom stereocenters. The smallest absolute Gasteiger partial charge is 0.205 e. The molecule has 33 heavy (non-hydrogen) atoms. The van der Waals surface area contributed by atoms with Crippen LogP contribution in [-0.4, -0.2) is 25.6 Å². The van der Waals surface area contributed by atoms with Crippen LogP contribution < -0.4 is 4.74 Å². The van der Waals surface area contributed by atoms with E-state index < -0.39 is 0 Å². The van der Waals surface area contributed by atoms with Crippen molar-refractivity contribution in [1.82, 2.24) is 0 Å². The van der Waals surface area contributed by atoms with Crippen molar-refractivity contribution in [3.05, 3.63) is 29.3 Å². The van der Waals surface area contributed by atoms with Crippen LogP contribution in [0, 0.1) is 30.1 Å². The van der Waals surface area contributed by atoms with Gasteiger partial charge >= 0.3 is 0 Å². The Morgan fingerprint density at radius 3 is 2.21 bits per heavy atom. The predicted octanol–water partition coefficient (Wildman–Crippen LogP) is 7.80. The molecule has 1 aromatic rings. The standard InChI is InChI=1S/C30H46O3/c1-4-21(2)26-10-11-28(22(3)14-26)33-29(32-13-12-31-27-8-6-5-7-9-27)30-18-23-15-24(19-30)17-25(16-23)20-30/h10-11,14,21,23-25,27,29H,4-9,12-13,15-20H2,1-3H3. The van der Waals surface area contributed by atoms with E-state index in [1.54, 1.807) is 0 Å². The third-order valence-electron chi connectivity index (χ3n) is 9.46. The van der Waals surface area contributed by atoms with Gasteiger partial charge in [0.2, 0.25) is 6.29 Å². The molecule has 1 aromatic carbocycles. The molecule has 0 N–H and O–H groups in total. The minimum atomic E-state index is -0.144. The molecule has 2 unspecified atom stereocenters. The van der Waals surface area contributed by atoms with E-state index >= 15 is 0 Å². The number of aryl methyl sites for hydroxylation is 1. The molecule has 5 aliphatic rings. The summed E-state index contributed by atoms with van der Waals surface area (Å²) in [4.78, 5) is 0. The van der Waals surface area contributed by atoms with Crippen LogP contribution in [0.25, 0.3) is 0 Å². The first-order valence-corrected chi connectivity index (χ1v) is 14.0. The maximum absolute atomic E-state index is 6.81. The summed E-state index contributed by atoms with van der Waals surface area (Å²) in [7, 11) is 0. The van der Waals surface area contributed by atoms with Crippen LogP contribution in [0.2, 0.25) is 0 Å². The predicted molar refractivity (Wildman–Crippen MR) is 134 cm³/mol. The molecule has 0 aromatic heterocycles. The zero-order chi connectivity index (χ0) is 22.8. The van der Waals surface area contributed by atoms with Gasteiger partial charge in [0.15, 0.2) is 0 Å². The molecule has 0 heterocycles. The molecule has 0 spiro atoms. The van der Waals surface area contributed by atoms with E-state index in [1.807, 2.05) is 0 Å². The lowest BCUT2D eigenvalue weighted by Crippen LogP contribution is -2.54. The van der Waals surface area contributed by atoms with Gasteiger partial charge in [-0.1, -0.05) is 45.2 Å². The lowest BCUT2D eigenvalue weighted by atomic mass is 9.49. The van der Waals surface area contributed by atoms with Crippen molar-refractivity contribution in [3.63, 3.8) is 0 Å². The second-order valence-corrected chi connectivity index (χ2v) is 12.1. The summed E-state index contributed by atoms with van der Waals surface area (Å²) in [6, 6.07) is 6.79. The Kier molecular flexibility index (Phi) is 7.37. The van der Waals surface area contributed by atoms with Gasteiger partial charge in [0.25, 0.3) is 0 Å². The first kappa shape index (κ1) is 23.7. The quantitative estimate of drug-likeness (QED) is 0.267. The Morgan fingerprint density at radius 1 is 0.939 bits per heavy atom. The van der Waals surface area contributed by atoms with Crippen molar-refractivity contribution in [2.24, 2.45) is 23.2 Å². The van der Waals surface area contributed by atoms with E-state index in [9.17, 15) is 0 Å². The minimum Gasteiger partial charge on any atom is -0.464 e. The fourth-order valence-corrected chi connectivity index (χ4v) is 7.87. The molecule has 0 radical (unpaired) electrons. The molecule has 5 saturated carbocycles. The zero-order valence-corrected chi connectivity index (χ0v) is 21.3. The molecule has 6 rings (SSSR count). The van der Waals surface area contributed by atoms with E-state index in [0.29, 0.717) is 25.2 Å². The second kappa shape index (κ2) is 10.3. The molecule has 0 saturated heterocycles. The molecule has 184 valence electrons. The average molecular weight is 455 g/mol. The van der Waals surface area contributed by atoms with Gasteiger partial charge in [-0.2, -0.15) is 0 Å². The van der Waals surface area contributed by atoms with Crippen molar-refractivity contribution in [3.8, 4) is 5.75 Å². The van der Waals surface area contributed by atoms with Gasteiger partial charge in [-0.3, -0.25) is 0 Å². The van der Waals surface area contributed by atoms with Gasteiger partial charge in [0.05, 0.1) is 19.3 Å². The van der Waals surface area contributed by atoms with E-state index in [1.165, 1.54) is 88.2 Å². The normalized spacial score (nSPS) is 33.2. The summed E-state index contributed by atoms with van der Waals surface area (Å²) in [5.41, 5.74) is 2.85. The average Bonchev–Trinajstić information content (AvgIpc) is 2.81. The zero-order valence-electron chi connectivity index (χ0n) is 21.3. The summed E-state index contributed by atoms with van der Waals surface area (Å²) in [5, 5.41) is 0. The largest absolute Gasteiger partial charge is 0.464 e. The van der Waals surface area contributed by atoms with Crippen LogP contribution in [0.4, 0.5) is 0 Å². The highest BCUT2D eigenvalue weighted by Gasteiger charge is 2.56. The number of ether oxygens (including phenoxy) is 3. The Balaban J connectivity index is 1.29. The highest BCUT2D eigenvalue weighted by Crippen LogP contribution is 2.62. The summed E-state index contributed by atoms with van der Waals surface area (Å²) < 4.78 is 19.6. The summed E-state index contributed by atoms with van der Waals surface area (Å²) in [5.74, 6) is 4.26. The fraction of sp³-hybridized carbons (Fsp3) is 0.800. The monoisotopic (exact) mass is 454 g/mol. The minimum absolute atomic E-state index is 0.144. The van der Waals surface area contributed by atoms with Crippen molar-refractivity contribution < 1.29 is 14.2 Å². The van der Waals surface area contributed by atoms with Crippen molar-refractivity contribution in [1.29, 1.82) is 0 Å². The van der Waals surface area contributed by atoms with Gasteiger partial charge in [0, 0.05) is 5.41 Å². The lowest BCUT2D eigenvalue weighted by molar-refractivity contribution is -0.220. The molecule has 5 fully saturated rings. The van der Waals surface area contributed by atoms with Crippen LogP contribution in [-0.2, 0) is 9.47 Å². The van der Waals surface area contributed by atoms with Gasteiger partial charge in [0.1, 0.15) is 5.75 Å². The van der Waals surface area contributed by atoms with E-state index in [0.717, 1.165) is 23.5 Å². The van der Waals surface area contributed by atoms with Crippen molar-refractivity contribution in [2.45, 2.75) is 116 Å². The Morgan fingerprint density at radius 2 is 1.61 bits per heavy atom. The van der Waals surface area contributed by atoms with Gasteiger partial charge in [-0.15, -0.1) is 0 Å². The molecule has 0 amide bonds. The van der Waals surface area contributed by atoms with Crippen LogP contribution in [0.15, 0.2) is 18.2 Å². The Hall–Kier alpha value is -1.06. The van der Waals surface area contributed by atoms with Crippen LogP contribution in [0.1, 0.15) is 108 Å².